The zero-order valence-corrected chi connectivity index (χ0v) is 13.2. The SMILES string of the molecule is CC(=O)Oc1cncn1C1c2ccc(Cl)cc2C(=O)C1(C)C. The Hall–Kier alpha value is -2.14. The van der Waals surface area contributed by atoms with E-state index in [4.69, 9.17) is 16.3 Å². The number of Topliss-reactive ketones (excluding diaryl/α,β-unsaturated/α-hetero) is 1. The van der Waals surface area contributed by atoms with Crippen LogP contribution >= 0.6 is 11.6 Å². The van der Waals surface area contributed by atoms with Gasteiger partial charge < -0.3 is 4.74 Å². The fourth-order valence-electron chi connectivity index (χ4n) is 3.03. The van der Waals surface area contributed by atoms with Gasteiger partial charge in [0.1, 0.15) is 0 Å². The molecule has 1 heterocycles. The molecule has 1 atom stereocenters. The van der Waals surface area contributed by atoms with Crippen molar-refractivity contribution in [3.8, 4) is 5.88 Å². The molecule has 0 saturated heterocycles. The Morgan fingerprint density at radius 2 is 2.14 bits per heavy atom. The summed E-state index contributed by atoms with van der Waals surface area (Å²) >= 11 is 6.01. The van der Waals surface area contributed by atoms with Gasteiger partial charge in [-0.05, 0) is 17.7 Å². The van der Waals surface area contributed by atoms with E-state index in [1.54, 1.807) is 23.0 Å². The molecule has 0 spiro atoms. The molecule has 0 N–H and O–H groups in total. The summed E-state index contributed by atoms with van der Waals surface area (Å²) in [5, 5.41) is 0.523. The summed E-state index contributed by atoms with van der Waals surface area (Å²) in [5.41, 5.74) is 0.763. The lowest BCUT2D eigenvalue weighted by Crippen LogP contribution is -2.29. The molecule has 0 saturated carbocycles. The topological polar surface area (TPSA) is 61.2 Å². The molecular formula is C16H15ClN2O3. The van der Waals surface area contributed by atoms with E-state index >= 15 is 0 Å². The van der Waals surface area contributed by atoms with Crippen molar-refractivity contribution < 1.29 is 14.3 Å². The maximum atomic E-state index is 12.7. The molecule has 1 unspecified atom stereocenters. The number of carbonyl (C=O) groups excluding carboxylic acids is 2. The third-order valence-electron chi connectivity index (χ3n) is 3.98. The second-order valence-electron chi connectivity index (χ2n) is 5.92. The largest absolute Gasteiger partial charge is 0.408 e. The molecule has 0 amide bonds. The van der Waals surface area contributed by atoms with E-state index in [2.05, 4.69) is 4.98 Å². The van der Waals surface area contributed by atoms with Crippen LogP contribution in [0, 0.1) is 5.41 Å². The lowest BCUT2D eigenvalue weighted by atomic mass is 9.84. The normalized spacial score (nSPS) is 19.1. The van der Waals surface area contributed by atoms with Gasteiger partial charge in [-0.15, -0.1) is 0 Å². The fraction of sp³-hybridized carbons (Fsp3) is 0.312. The summed E-state index contributed by atoms with van der Waals surface area (Å²) < 4.78 is 6.91. The number of imidazole rings is 1. The molecule has 6 heteroatoms. The second-order valence-corrected chi connectivity index (χ2v) is 6.35. The van der Waals surface area contributed by atoms with Gasteiger partial charge in [-0.2, -0.15) is 0 Å². The van der Waals surface area contributed by atoms with E-state index in [1.165, 1.54) is 13.1 Å². The summed E-state index contributed by atoms with van der Waals surface area (Å²) in [7, 11) is 0. The van der Waals surface area contributed by atoms with E-state index < -0.39 is 11.4 Å². The van der Waals surface area contributed by atoms with Gasteiger partial charge in [-0.3, -0.25) is 14.2 Å². The van der Waals surface area contributed by atoms with Crippen LogP contribution in [0.25, 0.3) is 0 Å². The third kappa shape index (κ3) is 2.13. The average Bonchev–Trinajstić information content (AvgIpc) is 2.93. The Labute approximate surface area is 132 Å². The average molecular weight is 319 g/mol. The molecule has 114 valence electrons. The van der Waals surface area contributed by atoms with Crippen LogP contribution in [0.1, 0.15) is 42.7 Å². The molecule has 1 aliphatic rings. The number of ether oxygens (including phenoxy) is 1. The Morgan fingerprint density at radius 3 is 2.82 bits per heavy atom. The third-order valence-corrected chi connectivity index (χ3v) is 4.22. The standard InChI is InChI=1S/C16H15ClN2O3/c1-9(20)22-13-7-18-8-19(13)14-11-5-4-10(17)6-12(11)15(21)16(14,2)3/h4-8,14H,1-3H3. The van der Waals surface area contributed by atoms with Gasteiger partial charge in [-0.25, -0.2) is 4.98 Å². The smallest absolute Gasteiger partial charge is 0.309 e. The summed E-state index contributed by atoms with van der Waals surface area (Å²) in [4.78, 5) is 28.0. The number of halogens is 1. The van der Waals surface area contributed by atoms with Crippen LogP contribution in [0.5, 0.6) is 5.88 Å². The first-order chi connectivity index (χ1) is 10.3. The minimum atomic E-state index is -0.692. The molecule has 1 aromatic heterocycles. The number of aromatic nitrogens is 2. The Bertz CT molecular complexity index is 779. The number of ketones is 1. The quantitative estimate of drug-likeness (QED) is 0.797. The number of carbonyl (C=O) groups is 2. The Morgan fingerprint density at radius 1 is 1.41 bits per heavy atom. The van der Waals surface area contributed by atoms with Crippen LogP contribution in [0.3, 0.4) is 0 Å². The van der Waals surface area contributed by atoms with Crippen molar-refractivity contribution in [1.29, 1.82) is 0 Å². The van der Waals surface area contributed by atoms with E-state index in [-0.39, 0.29) is 11.8 Å². The maximum Gasteiger partial charge on any atom is 0.309 e. The van der Waals surface area contributed by atoms with Crippen molar-refractivity contribution in [3.05, 3.63) is 46.9 Å². The molecule has 2 aromatic rings. The van der Waals surface area contributed by atoms with Crippen LogP contribution in [0.4, 0.5) is 0 Å². The minimum Gasteiger partial charge on any atom is -0.408 e. The molecule has 0 fully saturated rings. The van der Waals surface area contributed by atoms with Gasteiger partial charge in [-0.1, -0.05) is 31.5 Å². The number of rotatable bonds is 2. The first-order valence-electron chi connectivity index (χ1n) is 6.87. The fourth-order valence-corrected chi connectivity index (χ4v) is 3.21. The van der Waals surface area contributed by atoms with Crippen molar-refractivity contribution in [1.82, 2.24) is 9.55 Å². The first-order valence-corrected chi connectivity index (χ1v) is 7.24. The summed E-state index contributed by atoms with van der Waals surface area (Å²) in [6.45, 7) is 5.06. The predicted molar refractivity (Wildman–Crippen MR) is 81.2 cm³/mol. The molecule has 0 aliphatic heterocycles. The molecule has 1 aliphatic carbocycles. The highest BCUT2D eigenvalue weighted by atomic mass is 35.5. The van der Waals surface area contributed by atoms with E-state index in [1.807, 2.05) is 19.9 Å². The van der Waals surface area contributed by atoms with Crippen LogP contribution < -0.4 is 4.74 Å². The van der Waals surface area contributed by atoms with Gasteiger partial charge in [0.25, 0.3) is 0 Å². The monoisotopic (exact) mass is 318 g/mol. The molecule has 3 rings (SSSR count). The molecule has 0 radical (unpaired) electrons. The highest BCUT2D eigenvalue weighted by Crippen LogP contribution is 2.49. The van der Waals surface area contributed by atoms with Crippen LogP contribution in [0.2, 0.25) is 5.02 Å². The Balaban J connectivity index is 2.17. The molecule has 22 heavy (non-hydrogen) atoms. The minimum absolute atomic E-state index is 0.0116. The number of nitrogens with zero attached hydrogens (tertiary/aromatic N) is 2. The molecule has 5 nitrogen and oxygen atoms in total. The van der Waals surface area contributed by atoms with Crippen molar-refractivity contribution in [3.63, 3.8) is 0 Å². The molecule has 0 bridgehead atoms. The Kier molecular flexibility index (Phi) is 3.33. The lowest BCUT2D eigenvalue weighted by molar-refractivity contribution is -0.132. The van der Waals surface area contributed by atoms with Crippen LogP contribution in [-0.2, 0) is 4.79 Å². The zero-order valence-electron chi connectivity index (χ0n) is 12.5. The number of fused-ring (bicyclic) bond motifs is 1. The number of esters is 1. The van der Waals surface area contributed by atoms with Crippen molar-refractivity contribution in [2.75, 3.05) is 0 Å². The second kappa shape index (κ2) is 4.95. The van der Waals surface area contributed by atoms with Gasteiger partial charge in [0.2, 0.25) is 5.88 Å². The van der Waals surface area contributed by atoms with Gasteiger partial charge >= 0.3 is 5.97 Å². The molecule has 1 aromatic carbocycles. The van der Waals surface area contributed by atoms with Crippen molar-refractivity contribution >= 4 is 23.4 Å². The molecular weight excluding hydrogens is 304 g/mol. The first kappa shape index (κ1) is 14.8. The number of hydrogen-bond donors (Lipinski definition) is 0. The predicted octanol–water partition coefficient (Wildman–Crippen LogP) is 3.27. The van der Waals surface area contributed by atoms with Gasteiger partial charge in [0.15, 0.2) is 5.78 Å². The number of hydrogen-bond acceptors (Lipinski definition) is 4. The van der Waals surface area contributed by atoms with Crippen molar-refractivity contribution in [2.45, 2.75) is 26.8 Å². The van der Waals surface area contributed by atoms with Gasteiger partial charge in [0, 0.05) is 17.5 Å². The summed E-state index contributed by atoms with van der Waals surface area (Å²) in [6, 6.07) is 4.98. The van der Waals surface area contributed by atoms with Crippen LogP contribution in [-0.4, -0.2) is 21.3 Å². The highest BCUT2D eigenvalue weighted by Gasteiger charge is 2.48. The number of benzene rings is 1. The summed E-state index contributed by atoms with van der Waals surface area (Å²) in [6.07, 6.45) is 3.04. The van der Waals surface area contributed by atoms with Crippen LogP contribution in [0.15, 0.2) is 30.7 Å². The van der Waals surface area contributed by atoms with E-state index in [0.717, 1.165) is 5.56 Å². The lowest BCUT2D eigenvalue weighted by Gasteiger charge is -2.28. The van der Waals surface area contributed by atoms with E-state index in [9.17, 15) is 9.59 Å². The van der Waals surface area contributed by atoms with Gasteiger partial charge in [0.05, 0.1) is 24.0 Å². The summed E-state index contributed by atoms with van der Waals surface area (Å²) in [5.74, 6) is -0.0983. The van der Waals surface area contributed by atoms with E-state index in [0.29, 0.717) is 16.5 Å². The maximum absolute atomic E-state index is 12.7. The zero-order chi connectivity index (χ0) is 16.1. The van der Waals surface area contributed by atoms with Crippen molar-refractivity contribution in [2.24, 2.45) is 5.41 Å². The highest BCUT2D eigenvalue weighted by molar-refractivity contribution is 6.31.